The maximum Gasteiger partial charge on any atom is 0.336 e. The van der Waals surface area contributed by atoms with E-state index in [1.165, 1.54) is 0 Å². The minimum atomic E-state index is -1.01. The van der Waals surface area contributed by atoms with E-state index in [-0.39, 0.29) is 5.56 Å². The molecule has 0 bridgehead atoms. The number of fused-ring (bicyclic) bond motifs is 1. The molecule has 0 saturated heterocycles. The molecule has 0 unspecified atom stereocenters. The summed E-state index contributed by atoms with van der Waals surface area (Å²) in [6, 6.07) is 13.1. The first-order valence-corrected chi connectivity index (χ1v) is 8.15. The van der Waals surface area contributed by atoms with E-state index in [9.17, 15) is 9.90 Å². The molecule has 0 radical (unpaired) electrons. The number of nitrogens with zero attached hydrogens (tertiary/aromatic N) is 4. The number of hydrogen-bond donors (Lipinski definition) is 1. The van der Waals surface area contributed by atoms with Gasteiger partial charge >= 0.3 is 5.97 Å². The van der Waals surface area contributed by atoms with Crippen LogP contribution in [0.25, 0.3) is 28.0 Å². The predicted molar refractivity (Wildman–Crippen MR) is 98.5 cm³/mol. The average molecular weight is 344 g/mol. The van der Waals surface area contributed by atoms with Gasteiger partial charge in [0.25, 0.3) is 0 Å². The van der Waals surface area contributed by atoms with Crippen LogP contribution in [-0.4, -0.2) is 30.8 Å². The van der Waals surface area contributed by atoms with Crippen molar-refractivity contribution in [2.75, 3.05) is 0 Å². The van der Waals surface area contributed by atoms with Gasteiger partial charge in [0.2, 0.25) is 0 Å². The summed E-state index contributed by atoms with van der Waals surface area (Å²) in [6.45, 7) is 3.81. The first kappa shape index (κ1) is 16.0. The zero-order chi connectivity index (χ0) is 18.3. The van der Waals surface area contributed by atoms with Crippen molar-refractivity contribution in [2.45, 2.75) is 13.8 Å². The second-order valence-corrected chi connectivity index (χ2v) is 6.13. The summed E-state index contributed by atoms with van der Waals surface area (Å²) >= 11 is 0. The normalized spacial score (nSPS) is 11.0. The molecule has 4 rings (SSSR count). The highest BCUT2D eigenvalue weighted by Crippen LogP contribution is 2.28. The van der Waals surface area contributed by atoms with E-state index in [0.717, 1.165) is 16.8 Å². The minimum Gasteiger partial charge on any atom is -0.478 e. The van der Waals surface area contributed by atoms with E-state index >= 15 is 0 Å². The lowest BCUT2D eigenvalue weighted by Gasteiger charge is -2.07. The van der Waals surface area contributed by atoms with Gasteiger partial charge in [-0.1, -0.05) is 17.7 Å². The van der Waals surface area contributed by atoms with E-state index in [4.69, 9.17) is 4.98 Å². The van der Waals surface area contributed by atoms with Crippen molar-refractivity contribution < 1.29 is 9.90 Å². The lowest BCUT2D eigenvalue weighted by Crippen LogP contribution is -2.02. The van der Waals surface area contributed by atoms with Crippen LogP contribution >= 0.6 is 0 Å². The highest BCUT2D eigenvalue weighted by atomic mass is 16.4. The average Bonchev–Trinajstić information content (AvgIpc) is 2.99. The smallest absolute Gasteiger partial charge is 0.336 e. The van der Waals surface area contributed by atoms with Crippen LogP contribution in [0.2, 0.25) is 0 Å². The highest BCUT2D eigenvalue weighted by Gasteiger charge is 2.20. The lowest BCUT2D eigenvalue weighted by atomic mass is 10.1. The molecule has 0 aliphatic carbocycles. The summed E-state index contributed by atoms with van der Waals surface area (Å²) in [5.41, 5.74) is 4.61. The van der Waals surface area contributed by atoms with Crippen molar-refractivity contribution in [2.24, 2.45) is 0 Å². The van der Waals surface area contributed by atoms with Crippen LogP contribution in [0.4, 0.5) is 0 Å². The number of aromatic carboxylic acids is 1. The SMILES string of the molecule is Cc1ccc(-n2nc(C)c3c(C(=O)O)cc(-c4cccnc4)nc32)cc1. The molecule has 0 saturated carbocycles. The largest absolute Gasteiger partial charge is 0.478 e. The molecule has 0 amide bonds. The molecule has 1 N–H and O–H groups in total. The third kappa shape index (κ3) is 2.61. The molecule has 128 valence electrons. The van der Waals surface area contributed by atoms with Gasteiger partial charge in [0, 0.05) is 18.0 Å². The monoisotopic (exact) mass is 344 g/mol. The topological polar surface area (TPSA) is 80.9 Å². The van der Waals surface area contributed by atoms with E-state index in [1.54, 1.807) is 36.1 Å². The van der Waals surface area contributed by atoms with Gasteiger partial charge in [-0.25, -0.2) is 14.5 Å². The summed E-state index contributed by atoms with van der Waals surface area (Å²) < 4.78 is 1.69. The quantitative estimate of drug-likeness (QED) is 0.611. The molecule has 26 heavy (non-hydrogen) atoms. The molecule has 3 heterocycles. The van der Waals surface area contributed by atoms with Crippen LogP contribution in [0.5, 0.6) is 0 Å². The fraction of sp³-hybridized carbons (Fsp3) is 0.100. The molecule has 3 aromatic heterocycles. The Morgan fingerprint density at radius 1 is 1.12 bits per heavy atom. The van der Waals surface area contributed by atoms with Crippen molar-refractivity contribution in [3.8, 4) is 16.9 Å². The van der Waals surface area contributed by atoms with Gasteiger partial charge in [-0.2, -0.15) is 5.10 Å². The summed E-state index contributed by atoms with van der Waals surface area (Å²) in [4.78, 5) is 20.7. The maximum atomic E-state index is 11.9. The zero-order valence-electron chi connectivity index (χ0n) is 14.3. The standard InChI is InChI=1S/C20H16N4O2/c1-12-5-7-15(8-6-12)24-19-18(13(2)23-24)16(20(25)26)10-17(22-19)14-4-3-9-21-11-14/h3-11H,1-2H3,(H,25,26). The zero-order valence-corrected chi connectivity index (χ0v) is 14.3. The van der Waals surface area contributed by atoms with Crippen molar-refractivity contribution in [3.63, 3.8) is 0 Å². The second kappa shape index (κ2) is 6.07. The molecular weight excluding hydrogens is 328 g/mol. The third-order valence-corrected chi connectivity index (χ3v) is 4.28. The van der Waals surface area contributed by atoms with Crippen molar-refractivity contribution in [1.82, 2.24) is 19.7 Å². The summed E-state index contributed by atoms with van der Waals surface area (Å²) in [6.07, 6.45) is 3.33. The molecule has 0 aliphatic heterocycles. The van der Waals surface area contributed by atoms with E-state index < -0.39 is 5.97 Å². The fourth-order valence-electron chi connectivity index (χ4n) is 2.99. The molecule has 6 nitrogen and oxygen atoms in total. The number of pyridine rings is 2. The first-order chi connectivity index (χ1) is 12.5. The Bertz CT molecular complexity index is 1120. The first-order valence-electron chi connectivity index (χ1n) is 8.15. The predicted octanol–water partition coefficient (Wildman–Crippen LogP) is 3.80. The number of carboxylic acids is 1. The Kier molecular flexibility index (Phi) is 3.73. The number of benzene rings is 1. The van der Waals surface area contributed by atoms with Crippen molar-refractivity contribution in [1.29, 1.82) is 0 Å². The molecular formula is C20H16N4O2. The summed E-state index contributed by atoms with van der Waals surface area (Å²) in [7, 11) is 0. The number of aromatic nitrogens is 4. The van der Waals surface area contributed by atoms with Gasteiger partial charge in [-0.05, 0) is 44.2 Å². The Balaban J connectivity index is 2.04. The molecule has 0 fully saturated rings. The van der Waals surface area contributed by atoms with Crippen molar-refractivity contribution >= 4 is 17.0 Å². The van der Waals surface area contributed by atoms with Gasteiger partial charge < -0.3 is 5.11 Å². The Labute approximate surface area is 149 Å². The molecule has 0 aliphatic rings. The van der Waals surface area contributed by atoms with Crippen LogP contribution < -0.4 is 0 Å². The third-order valence-electron chi connectivity index (χ3n) is 4.28. The van der Waals surface area contributed by atoms with Crippen LogP contribution in [-0.2, 0) is 0 Å². The van der Waals surface area contributed by atoms with E-state index in [0.29, 0.717) is 22.4 Å². The van der Waals surface area contributed by atoms with Gasteiger partial charge in [-0.15, -0.1) is 0 Å². The minimum absolute atomic E-state index is 0.185. The van der Waals surface area contributed by atoms with Gasteiger partial charge in [0.05, 0.1) is 28.0 Å². The number of hydrogen-bond acceptors (Lipinski definition) is 4. The molecule has 4 aromatic rings. The van der Waals surface area contributed by atoms with E-state index in [2.05, 4.69) is 10.1 Å². The van der Waals surface area contributed by atoms with Crippen LogP contribution in [0.15, 0.2) is 54.9 Å². The van der Waals surface area contributed by atoms with Crippen LogP contribution in [0.3, 0.4) is 0 Å². The molecule has 0 spiro atoms. The van der Waals surface area contributed by atoms with Gasteiger partial charge in [-0.3, -0.25) is 4.98 Å². The highest BCUT2D eigenvalue weighted by molar-refractivity contribution is 6.04. The molecule has 1 aromatic carbocycles. The van der Waals surface area contributed by atoms with Crippen LogP contribution in [0.1, 0.15) is 21.6 Å². The van der Waals surface area contributed by atoms with Crippen molar-refractivity contribution in [3.05, 3.63) is 71.7 Å². The van der Waals surface area contributed by atoms with Crippen LogP contribution in [0, 0.1) is 13.8 Å². The number of rotatable bonds is 3. The molecule has 6 heteroatoms. The van der Waals surface area contributed by atoms with Gasteiger partial charge in [0.15, 0.2) is 5.65 Å². The number of aryl methyl sites for hydroxylation is 2. The molecule has 0 atom stereocenters. The number of carbonyl (C=O) groups is 1. The Hall–Kier alpha value is -3.54. The fourth-order valence-corrected chi connectivity index (χ4v) is 2.99. The summed E-state index contributed by atoms with van der Waals surface area (Å²) in [5, 5.41) is 14.8. The van der Waals surface area contributed by atoms with Gasteiger partial charge in [0.1, 0.15) is 0 Å². The Morgan fingerprint density at radius 3 is 2.54 bits per heavy atom. The maximum absolute atomic E-state index is 11.9. The Morgan fingerprint density at radius 2 is 1.88 bits per heavy atom. The lowest BCUT2D eigenvalue weighted by molar-refractivity contribution is 0.0699. The summed E-state index contributed by atoms with van der Waals surface area (Å²) in [5.74, 6) is -1.01. The second-order valence-electron chi connectivity index (χ2n) is 6.13. The van der Waals surface area contributed by atoms with E-state index in [1.807, 2.05) is 37.3 Å². The number of carboxylic acid groups (broad SMARTS) is 1.